The van der Waals surface area contributed by atoms with Crippen LogP contribution in [0.25, 0.3) is 0 Å². The summed E-state index contributed by atoms with van der Waals surface area (Å²) in [6.07, 6.45) is 1.66. The van der Waals surface area contributed by atoms with Crippen molar-refractivity contribution in [1.82, 2.24) is 4.90 Å². The number of amides is 1. The summed E-state index contributed by atoms with van der Waals surface area (Å²) in [4.78, 5) is 13.9. The van der Waals surface area contributed by atoms with Gasteiger partial charge in [0.2, 0.25) is 0 Å². The zero-order valence-corrected chi connectivity index (χ0v) is 12.5. The second-order valence-corrected chi connectivity index (χ2v) is 4.91. The predicted octanol–water partition coefficient (Wildman–Crippen LogP) is 3.66. The third kappa shape index (κ3) is 4.19. The smallest absolute Gasteiger partial charge is 0.253 e. The molecule has 0 aliphatic rings. The van der Waals surface area contributed by atoms with Gasteiger partial charge in [0, 0.05) is 19.2 Å². The van der Waals surface area contributed by atoms with Crippen LogP contribution in [0, 0.1) is 5.82 Å². The van der Waals surface area contributed by atoms with E-state index in [1.807, 2.05) is 0 Å². The number of rotatable bonds is 6. The maximum Gasteiger partial charge on any atom is 0.253 e. The largest absolute Gasteiger partial charge is 0.490 e. The van der Waals surface area contributed by atoms with E-state index in [9.17, 15) is 9.18 Å². The topological polar surface area (TPSA) is 29.5 Å². The monoisotopic (exact) mass is 299 g/mol. The first kappa shape index (κ1) is 15.8. The van der Waals surface area contributed by atoms with E-state index in [0.29, 0.717) is 24.5 Å². The number of hydrogen-bond donors (Lipinski definition) is 0. The highest BCUT2D eigenvalue weighted by molar-refractivity contribution is 5.94. The molecule has 0 unspecified atom stereocenters. The molecular weight excluding hydrogens is 281 g/mol. The standard InChI is InChI=1S/C18H18FNO2/c1-3-12-22-17-10-6-15(7-11-17)18(21)20(2)13-14-4-8-16(19)9-5-14/h3-11H,1,12-13H2,2H3. The van der Waals surface area contributed by atoms with Gasteiger partial charge in [-0.05, 0) is 42.0 Å². The predicted molar refractivity (Wildman–Crippen MR) is 84.3 cm³/mol. The van der Waals surface area contributed by atoms with Crippen molar-refractivity contribution in [2.75, 3.05) is 13.7 Å². The van der Waals surface area contributed by atoms with Gasteiger partial charge in [0.1, 0.15) is 18.2 Å². The van der Waals surface area contributed by atoms with Gasteiger partial charge in [-0.15, -0.1) is 0 Å². The molecule has 2 aromatic rings. The molecule has 0 fully saturated rings. The first-order valence-corrected chi connectivity index (χ1v) is 6.94. The Labute approximate surface area is 129 Å². The lowest BCUT2D eigenvalue weighted by atomic mass is 10.1. The molecule has 0 aromatic heterocycles. The lowest BCUT2D eigenvalue weighted by molar-refractivity contribution is 0.0785. The van der Waals surface area contributed by atoms with Crippen LogP contribution in [0.15, 0.2) is 61.2 Å². The molecule has 0 heterocycles. The molecule has 4 heteroatoms. The van der Waals surface area contributed by atoms with Crippen LogP contribution in [0.3, 0.4) is 0 Å². The third-order valence-electron chi connectivity index (χ3n) is 3.15. The molecule has 2 rings (SSSR count). The molecule has 114 valence electrons. The second-order valence-electron chi connectivity index (χ2n) is 4.91. The Kier molecular flexibility index (Phi) is 5.31. The molecule has 2 aromatic carbocycles. The van der Waals surface area contributed by atoms with Crippen LogP contribution in [0.5, 0.6) is 5.75 Å². The quantitative estimate of drug-likeness (QED) is 0.762. The normalized spacial score (nSPS) is 10.1. The van der Waals surface area contributed by atoms with E-state index < -0.39 is 0 Å². The first-order valence-electron chi connectivity index (χ1n) is 6.94. The zero-order chi connectivity index (χ0) is 15.9. The van der Waals surface area contributed by atoms with Crippen molar-refractivity contribution in [3.05, 3.63) is 78.1 Å². The summed E-state index contributed by atoms with van der Waals surface area (Å²) in [6, 6.07) is 13.1. The zero-order valence-electron chi connectivity index (χ0n) is 12.5. The Hall–Kier alpha value is -2.62. The van der Waals surface area contributed by atoms with Gasteiger partial charge in [-0.3, -0.25) is 4.79 Å². The van der Waals surface area contributed by atoms with Crippen molar-refractivity contribution in [2.45, 2.75) is 6.54 Å². The van der Waals surface area contributed by atoms with E-state index in [2.05, 4.69) is 6.58 Å². The lowest BCUT2D eigenvalue weighted by Gasteiger charge is -2.17. The highest BCUT2D eigenvalue weighted by Gasteiger charge is 2.12. The Bertz CT molecular complexity index is 635. The van der Waals surface area contributed by atoms with E-state index in [4.69, 9.17) is 4.74 Å². The minimum Gasteiger partial charge on any atom is -0.490 e. The highest BCUT2D eigenvalue weighted by atomic mass is 19.1. The summed E-state index contributed by atoms with van der Waals surface area (Å²) in [5.74, 6) is 0.310. The maximum atomic E-state index is 12.9. The SMILES string of the molecule is C=CCOc1ccc(C(=O)N(C)Cc2ccc(F)cc2)cc1. The average Bonchev–Trinajstić information content (AvgIpc) is 2.55. The number of carbonyl (C=O) groups is 1. The van der Waals surface area contributed by atoms with Crippen molar-refractivity contribution in [3.8, 4) is 5.75 Å². The van der Waals surface area contributed by atoms with Crippen LogP contribution in [-0.4, -0.2) is 24.5 Å². The van der Waals surface area contributed by atoms with Crippen LogP contribution < -0.4 is 4.74 Å². The summed E-state index contributed by atoms with van der Waals surface area (Å²) in [5.41, 5.74) is 1.46. The molecule has 0 bridgehead atoms. The molecule has 0 aliphatic heterocycles. The van der Waals surface area contributed by atoms with E-state index >= 15 is 0 Å². The molecule has 22 heavy (non-hydrogen) atoms. The third-order valence-corrected chi connectivity index (χ3v) is 3.15. The first-order chi connectivity index (χ1) is 10.6. The summed E-state index contributed by atoms with van der Waals surface area (Å²) in [6.45, 7) is 4.43. The van der Waals surface area contributed by atoms with E-state index in [0.717, 1.165) is 5.56 Å². The molecule has 1 amide bonds. The molecule has 0 radical (unpaired) electrons. The van der Waals surface area contributed by atoms with Crippen molar-refractivity contribution in [2.24, 2.45) is 0 Å². The van der Waals surface area contributed by atoms with Crippen LogP contribution in [0.2, 0.25) is 0 Å². The van der Waals surface area contributed by atoms with Gasteiger partial charge >= 0.3 is 0 Å². The number of carbonyl (C=O) groups excluding carboxylic acids is 1. The van der Waals surface area contributed by atoms with Gasteiger partial charge in [-0.1, -0.05) is 24.8 Å². The Morgan fingerprint density at radius 3 is 2.41 bits per heavy atom. The van der Waals surface area contributed by atoms with E-state index in [1.165, 1.54) is 12.1 Å². The van der Waals surface area contributed by atoms with Crippen LogP contribution >= 0.6 is 0 Å². The summed E-state index contributed by atoms with van der Waals surface area (Å²) >= 11 is 0. The van der Waals surface area contributed by atoms with Crippen LogP contribution in [0.1, 0.15) is 15.9 Å². The van der Waals surface area contributed by atoms with E-state index in [-0.39, 0.29) is 11.7 Å². The summed E-state index contributed by atoms with van der Waals surface area (Å²) < 4.78 is 18.3. The average molecular weight is 299 g/mol. The number of benzene rings is 2. The second kappa shape index (κ2) is 7.41. The minimum atomic E-state index is -0.284. The Balaban J connectivity index is 2.00. The Morgan fingerprint density at radius 2 is 1.82 bits per heavy atom. The van der Waals surface area contributed by atoms with Crippen molar-refractivity contribution in [1.29, 1.82) is 0 Å². The van der Waals surface area contributed by atoms with Crippen LogP contribution in [-0.2, 0) is 6.54 Å². The molecule has 0 saturated carbocycles. The molecule has 0 aliphatic carbocycles. The number of hydrogen-bond acceptors (Lipinski definition) is 2. The van der Waals surface area contributed by atoms with Gasteiger partial charge in [0.05, 0.1) is 0 Å². The fourth-order valence-electron chi connectivity index (χ4n) is 2.00. The van der Waals surface area contributed by atoms with Crippen LogP contribution in [0.4, 0.5) is 4.39 Å². The molecule has 0 spiro atoms. The fraction of sp³-hybridized carbons (Fsp3) is 0.167. The van der Waals surface area contributed by atoms with Crippen molar-refractivity contribution >= 4 is 5.91 Å². The van der Waals surface area contributed by atoms with Crippen molar-refractivity contribution < 1.29 is 13.9 Å². The summed E-state index contributed by atoms with van der Waals surface area (Å²) in [5, 5.41) is 0. The van der Waals surface area contributed by atoms with Gasteiger partial charge in [0.15, 0.2) is 0 Å². The number of halogens is 1. The highest BCUT2D eigenvalue weighted by Crippen LogP contribution is 2.14. The molecule has 0 atom stereocenters. The number of ether oxygens (including phenoxy) is 1. The summed E-state index contributed by atoms with van der Waals surface area (Å²) in [7, 11) is 1.72. The lowest BCUT2D eigenvalue weighted by Crippen LogP contribution is -2.26. The van der Waals surface area contributed by atoms with E-state index in [1.54, 1.807) is 54.4 Å². The van der Waals surface area contributed by atoms with Gasteiger partial charge in [-0.2, -0.15) is 0 Å². The molecule has 0 saturated heterocycles. The van der Waals surface area contributed by atoms with Crippen molar-refractivity contribution in [3.63, 3.8) is 0 Å². The minimum absolute atomic E-state index is 0.0976. The fourth-order valence-corrected chi connectivity index (χ4v) is 2.00. The van der Waals surface area contributed by atoms with Gasteiger partial charge in [-0.25, -0.2) is 4.39 Å². The molecular formula is C18H18FNO2. The van der Waals surface area contributed by atoms with Gasteiger partial charge < -0.3 is 9.64 Å². The maximum absolute atomic E-state index is 12.9. The molecule has 3 nitrogen and oxygen atoms in total. The van der Waals surface area contributed by atoms with Gasteiger partial charge in [0.25, 0.3) is 5.91 Å². The number of nitrogens with zero attached hydrogens (tertiary/aromatic N) is 1. The Morgan fingerprint density at radius 1 is 1.18 bits per heavy atom. The molecule has 0 N–H and O–H groups in total.